The van der Waals surface area contributed by atoms with Crippen molar-refractivity contribution in [3.63, 3.8) is 0 Å². The number of carboxylic acids is 1. The van der Waals surface area contributed by atoms with E-state index in [1.807, 2.05) is 13.0 Å². The zero-order chi connectivity index (χ0) is 13.0. The largest absolute Gasteiger partial charge is 0.481 e. The standard InChI is InChI=1S/C12H15NO4/c1-8(6-7-12(14)15)10-4-3-5-11(9(10)2)13(16)17/h3-5,8H,6-7H2,1-2H3,(H,14,15). The van der Waals surface area contributed by atoms with Crippen molar-refractivity contribution in [2.45, 2.75) is 32.6 Å². The predicted molar refractivity (Wildman–Crippen MR) is 63.1 cm³/mol. The van der Waals surface area contributed by atoms with E-state index in [0.29, 0.717) is 12.0 Å². The molecular weight excluding hydrogens is 222 g/mol. The van der Waals surface area contributed by atoms with Gasteiger partial charge in [0.2, 0.25) is 0 Å². The second-order valence-electron chi connectivity index (χ2n) is 4.08. The molecule has 1 N–H and O–H groups in total. The van der Waals surface area contributed by atoms with Gasteiger partial charge in [-0.25, -0.2) is 0 Å². The van der Waals surface area contributed by atoms with Gasteiger partial charge in [-0.15, -0.1) is 0 Å². The van der Waals surface area contributed by atoms with E-state index >= 15 is 0 Å². The van der Waals surface area contributed by atoms with Crippen molar-refractivity contribution >= 4 is 11.7 Å². The lowest BCUT2D eigenvalue weighted by Crippen LogP contribution is -2.03. The Labute approximate surface area is 99.2 Å². The summed E-state index contributed by atoms with van der Waals surface area (Å²) < 4.78 is 0. The van der Waals surface area contributed by atoms with Gasteiger partial charge >= 0.3 is 5.97 Å². The minimum Gasteiger partial charge on any atom is -0.481 e. The third-order valence-electron chi connectivity index (χ3n) is 2.87. The molecule has 5 nitrogen and oxygen atoms in total. The van der Waals surface area contributed by atoms with Crippen molar-refractivity contribution in [1.29, 1.82) is 0 Å². The maximum absolute atomic E-state index is 10.8. The highest BCUT2D eigenvalue weighted by molar-refractivity contribution is 5.66. The Bertz CT molecular complexity index is 442. The molecule has 0 saturated carbocycles. The van der Waals surface area contributed by atoms with Crippen molar-refractivity contribution in [3.05, 3.63) is 39.4 Å². The van der Waals surface area contributed by atoms with E-state index in [2.05, 4.69) is 0 Å². The van der Waals surface area contributed by atoms with Crippen LogP contribution in [0.2, 0.25) is 0 Å². The first-order chi connectivity index (χ1) is 7.93. The summed E-state index contributed by atoms with van der Waals surface area (Å²) in [7, 11) is 0. The highest BCUT2D eigenvalue weighted by atomic mass is 16.6. The molecule has 0 heterocycles. The third kappa shape index (κ3) is 3.27. The number of hydrogen-bond donors (Lipinski definition) is 1. The normalized spacial score (nSPS) is 12.1. The molecule has 1 rings (SSSR count). The molecule has 0 amide bonds. The molecule has 1 aromatic rings. The average Bonchev–Trinajstić information content (AvgIpc) is 2.25. The van der Waals surface area contributed by atoms with Gasteiger partial charge in [0.05, 0.1) is 4.92 Å². The summed E-state index contributed by atoms with van der Waals surface area (Å²) in [5.41, 5.74) is 1.56. The van der Waals surface area contributed by atoms with Crippen molar-refractivity contribution < 1.29 is 14.8 Å². The summed E-state index contributed by atoms with van der Waals surface area (Å²) in [5, 5.41) is 19.4. The Morgan fingerprint density at radius 1 is 1.53 bits per heavy atom. The maximum atomic E-state index is 10.8. The molecular formula is C12H15NO4. The van der Waals surface area contributed by atoms with Gasteiger partial charge in [0.1, 0.15) is 0 Å². The van der Waals surface area contributed by atoms with Crippen LogP contribution in [0.4, 0.5) is 5.69 Å². The van der Waals surface area contributed by atoms with Crippen molar-refractivity contribution in [3.8, 4) is 0 Å². The van der Waals surface area contributed by atoms with Gasteiger partial charge in [0, 0.05) is 18.1 Å². The van der Waals surface area contributed by atoms with Crippen molar-refractivity contribution in [2.24, 2.45) is 0 Å². The Kier molecular flexibility index (Phi) is 4.20. The Hall–Kier alpha value is -1.91. The second-order valence-corrected chi connectivity index (χ2v) is 4.08. The SMILES string of the molecule is Cc1c(C(C)CCC(=O)O)cccc1[N+](=O)[O-]. The van der Waals surface area contributed by atoms with Crippen LogP contribution >= 0.6 is 0 Å². The Morgan fingerprint density at radius 2 is 2.18 bits per heavy atom. The van der Waals surface area contributed by atoms with E-state index in [1.165, 1.54) is 6.07 Å². The summed E-state index contributed by atoms with van der Waals surface area (Å²) in [4.78, 5) is 20.8. The van der Waals surface area contributed by atoms with Crippen LogP contribution in [0, 0.1) is 17.0 Å². The molecule has 0 radical (unpaired) electrons. The van der Waals surface area contributed by atoms with Crippen LogP contribution < -0.4 is 0 Å². The summed E-state index contributed by atoms with van der Waals surface area (Å²) >= 11 is 0. The fraction of sp³-hybridized carbons (Fsp3) is 0.417. The highest BCUT2D eigenvalue weighted by Crippen LogP contribution is 2.29. The lowest BCUT2D eigenvalue weighted by molar-refractivity contribution is -0.385. The number of nitro benzene ring substituents is 1. The first-order valence-corrected chi connectivity index (χ1v) is 5.39. The Balaban J connectivity index is 2.94. The van der Waals surface area contributed by atoms with E-state index in [1.54, 1.807) is 13.0 Å². The number of rotatable bonds is 5. The molecule has 0 aliphatic carbocycles. The van der Waals surface area contributed by atoms with Crippen LogP contribution in [0.5, 0.6) is 0 Å². The van der Waals surface area contributed by atoms with Crippen LogP contribution in [0.1, 0.15) is 36.8 Å². The van der Waals surface area contributed by atoms with Crippen molar-refractivity contribution in [2.75, 3.05) is 0 Å². The van der Waals surface area contributed by atoms with Crippen LogP contribution in [-0.4, -0.2) is 16.0 Å². The van der Waals surface area contributed by atoms with Gasteiger partial charge in [0.25, 0.3) is 5.69 Å². The summed E-state index contributed by atoms with van der Waals surface area (Å²) in [5.74, 6) is -0.842. The quantitative estimate of drug-likeness (QED) is 0.630. The zero-order valence-corrected chi connectivity index (χ0v) is 9.84. The number of aliphatic carboxylic acids is 1. The van der Waals surface area contributed by atoms with Gasteiger partial charge in [-0.1, -0.05) is 19.1 Å². The second kappa shape index (κ2) is 5.43. The zero-order valence-electron chi connectivity index (χ0n) is 9.84. The lowest BCUT2D eigenvalue weighted by atomic mass is 9.92. The summed E-state index contributed by atoms with van der Waals surface area (Å²) in [6, 6.07) is 4.91. The van der Waals surface area contributed by atoms with Gasteiger partial charge in [-0.3, -0.25) is 14.9 Å². The van der Waals surface area contributed by atoms with E-state index in [0.717, 1.165) is 5.56 Å². The predicted octanol–water partition coefficient (Wildman–Crippen LogP) is 2.87. The van der Waals surface area contributed by atoms with Crippen molar-refractivity contribution in [1.82, 2.24) is 0 Å². The first-order valence-electron chi connectivity index (χ1n) is 5.39. The number of hydrogen-bond acceptors (Lipinski definition) is 3. The van der Waals surface area contributed by atoms with Gasteiger partial charge in [-0.05, 0) is 24.8 Å². The molecule has 1 aromatic carbocycles. The topological polar surface area (TPSA) is 80.4 Å². The van der Waals surface area contributed by atoms with Gasteiger partial charge in [-0.2, -0.15) is 0 Å². The van der Waals surface area contributed by atoms with E-state index in [9.17, 15) is 14.9 Å². The summed E-state index contributed by atoms with van der Waals surface area (Å²) in [6.45, 7) is 3.58. The monoisotopic (exact) mass is 237 g/mol. The molecule has 92 valence electrons. The van der Waals surface area contributed by atoms with Crippen LogP contribution in [0.3, 0.4) is 0 Å². The summed E-state index contributed by atoms with van der Waals surface area (Å²) in [6.07, 6.45) is 0.556. The molecule has 17 heavy (non-hydrogen) atoms. The third-order valence-corrected chi connectivity index (χ3v) is 2.87. The highest BCUT2D eigenvalue weighted by Gasteiger charge is 2.17. The molecule has 0 aromatic heterocycles. The van der Waals surface area contributed by atoms with Gasteiger partial charge < -0.3 is 5.11 Å². The first kappa shape index (κ1) is 13.2. The molecule has 0 saturated heterocycles. The van der Waals surface area contributed by atoms with Crippen LogP contribution in [0.25, 0.3) is 0 Å². The molecule has 1 unspecified atom stereocenters. The van der Waals surface area contributed by atoms with Gasteiger partial charge in [0.15, 0.2) is 0 Å². The molecule has 0 aliphatic rings. The van der Waals surface area contributed by atoms with E-state index in [4.69, 9.17) is 5.11 Å². The molecule has 0 fully saturated rings. The maximum Gasteiger partial charge on any atom is 0.303 e. The average molecular weight is 237 g/mol. The minimum atomic E-state index is -0.847. The van der Waals surface area contributed by atoms with E-state index in [-0.39, 0.29) is 18.0 Å². The minimum absolute atomic E-state index is 0.00556. The van der Waals surface area contributed by atoms with E-state index < -0.39 is 10.9 Å². The van der Waals surface area contributed by atoms with Crippen LogP contribution in [0.15, 0.2) is 18.2 Å². The fourth-order valence-corrected chi connectivity index (χ4v) is 1.87. The number of benzene rings is 1. The number of nitrogens with zero attached hydrogens (tertiary/aromatic N) is 1. The molecule has 0 aliphatic heterocycles. The molecule has 5 heteroatoms. The number of carboxylic acid groups (broad SMARTS) is 1. The molecule has 1 atom stereocenters. The molecule has 0 bridgehead atoms. The van der Waals surface area contributed by atoms with Crippen LogP contribution in [-0.2, 0) is 4.79 Å². The molecule has 0 spiro atoms. The fourth-order valence-electron chi connectivity index (χ4n) is 1.87. The number of carbonyl (C=O) groups is 1. The lowest BCUT2D eigenvalue weighted by Gasteiger charge is -2.13. The Morgan fingerprint density at radius 3 is 2.71 bits per heavy atom. The smallest absolute Gasteiger partial charge is 0.303 e. The number of nitro groups is 1.